The fraction of sp³-hybridized carbons (Fsp3) is 0.105. The van der Waals surface area contributed by atoms with Gasteiger partial charge in [0.1, 0.15) is 6.33 Å². The normalized spacial score (nSPS) is 10.9. The van der Waals surface area contributed by atoms with Crippen LogP contribution in [-0.4, -0.2) is 25.5 Å². The molecule has 0 amide bonds. The van der Waals surface area contributed by atoms with Gasteiger partial charge in [0.25, 0.3) is 10.0 Å². The monoisotopic (exact) mass is 380 g/mol. The van der Waals surface area contributed by atoms with Gasteiger partial charge < -0.3 is 4.74 Å². The van der Waals surface area contributed by atoms with Crippen molar-refractivity contribution in [3.05, 3.63) is 66.0 Å². The highest BCUT2D eigenvalue weighted by molar-refractivity contribution is 7.92. The Balaban J connectivity index is 1.95. The van der Waals surface area contributed by atoms with E-state index in [2.05, 4.69) is 20.8 Å². The SMILES string of the molecule is COc1cc(S(=O)(=O)Nc2cc(-c3ccc(C#N)cc3)ccc2C)ncn1. The molecule has 2 aromatic carbocycles. The summed E-state index contributed by atoms with van der Waals surface area (Å²) in [6.07, 6.45) is 1.13. The number of nitrogens with zero attached hydrogens (tertiary/aromatic N) is 3. The summed E-state index contributed by atoms with van der Waals surface area (Å²) in [6, 6.07) is 15.8. The van der Waals surface area contributed by atoms with Crippen molar-refractivity contribution in [1.29, 1.82) is 5.26 Å². The predicted molar refractivity (Wildman–Crippen MR) is 101 cm³/mol. The average molecular weight is 380 g/mol. The number of nitrogens with one attached hydrogen (secondary N) is 1. The second-order valence-corrected chi connectivity index (χ2v) is 7.35. The molecule has 0 aliphatic rings. The smallest absolute Gasteiger partial charge is 0.279 e. The topological polar surface area (TPSA) is 105 Å². The number of sulfonamides is 1. The van der Waals surface area contributed by atoms with E-state index in [1.165, 1.54) is 13.2 Å². The quantitative estimate of drug-likeness (QED) is 0.682. The average Bonchev–Trinajstić information content (AvgIpc) is 2.69. The van der Waals surface area contributed by atoms with Gasteiger partial charge in [0.05, 0.1) is 24.4 Å². The van der Waals surface area contributed by atoms with Crippen molar-refractivity contribution in [3.63, 3.8) is 0 Å². The lowest BCUT2D eigenvalue weighted by atomic mass is 10.0. The number of nitriles is 1. The molecular formula is C19H16N4O3S. The van der Waals surface area contributed by atoms with E-state index in [-0.39, 0.29) is 10.9 Å². The third-order valence-corrected chi connectivity index (χ3v) is 5.19. The first-order valence-electron chi connectivity index (χ1n) is 7.93. The molecule has 1 aromatic heterocycles. The number of methoxy groups -OCH3 is 1. The lowest BCUT2D eigenvalue weighted by Gasteiger charge is -2.12. The molecule has 8 heteroatoms. The molecule has 1 heterocycles. The minimum atomic E-state index is -3.90. The maximum Gasteiger partial charge on any atom is 0.279 e. The van der Waals surface area contributed by atoms with Crippen LogP contribution in [0.1, 0.15) is 11.1 Å². The third-order valence-electron chi connectivity index (χ3n) is 3.93. The number of aryl methyl sites for hydroxylation is 1. The lowest BCUT2D eigenvalue weighted by molar-refractivity contribution is 0.394. The Morgan fingerprint density at radius 3 is 2.41 bits per heavy atom. The second-order valence-electron chi connectivity index (χ2n) is 5.72. The van der Waals surface area contributed by atoms with Crippen molar-refractivity contribution in [3.8, 4) is 23.1 Å². The third kappa shape index (κ3) is 4.04. The molecule has 0 atom stereocenters. The number of ether oxygens (including phenoxy) is 1. The molecule has 1 N–H and O–H groups in total. The number of hydrogen-bond donors (Lipinski definition) is 1. The number of hydrogen-bond acceptors (Lipinski definition) is 6. The van der Waals surface area contributed by atoms with Crippen LogP contribution >= 0.6 is 0 Å². The van der Waals surface area contributed by atoms with E-state index in [4.69, 9.17) is 10.00 Å². The molecule has 27 heavy (non-hydrogen) atoms. The summed E-state index contributed by atoms with van der Waals surface area (Å²) in [5.74, 6) is 0.161. The van der Waals surface area contributed by atoms with Crippen molar-refractivity contribution in [2.75, 3.05) is 11.8 Å². The van der Waals surface area contributed by atoms with Crippen LogP contribution in [0.5, 0.6) is 5.88 Å². The molecular weight excluding hydrogens is 364 g/mol. The van der Waals surface area contributed by atoms with E-state index >= 15 is 0 Å². The van der Waals surface area contributed by atoms with Crippen molar-refractivity contribution in [1.82, 2.24) is 9.97 Å². The zero-order valence-corrected chi connectivity index (χ0v) is 15.5. The Kier molecular flexibility index (Phi) is 5.05. The van der Waals surface area contributed by atoms with Gasteiger partial charge in [-0.15, -0.1) is 0 Å². The largest absolute Gasteiger partial charge is 0.481 e. The van der Waals surface area contributed by atoms with Crippen molar-refractivity contribution in [2.24, 2.45) is 0 Å². The maximum absolute atomic E-state index is 12.7. The molecule has 0 unspecified atom stereocenters. The maximum atomic E-state index is 12.7. The van der Waals surface area contributed by atoms with Gasteiger partial charge in [-0.3, -0.25) is 4.72 Å². The summed E-state index contributed by atoms with van der Waals surface area (Å²) >= 11 is 0. The molecule has 3 aromatic rings. The van der Waals surface area contributed by atoms with E-state index in [0.29, 0.717) is 11.3 Å². The van der Waals surface area contributed by atoms with Crippen LogP contribution in [0.2, 0.25) is 0 Å². The minimum Gasteiger partial charge on any atom is -0.481 e. The summed E-state index contributed by atoms with van der Waals surface area (Å²) in [4.78, 5) is 7.63. The van der Waals surface area contributed by atoms with Gasteiger partial charge >= 0.3 is 0 Å². The zero-order valence-electron chi connectivity index (χ0n) is 14.7. The molecule has 0 fully saturated rings. The molecule has 0 bridgehead atoms. The Morgan fingerprint density at radius 2 is 1.74 bits per heavy atom. The number of anilines is 1. The molecule has 7 nitrogen and oxygen atoms in total. The van der Waals surface area contributed by atoms with Crippen molar-refractivity contribution < 1.29 is 13.2 Å². The predicted octanol–water partition coefficient (Wildman–Crippen LogP) is 3.13. The number of rotatable bonds is 5. The van der Waals surface area contributed by atoms with E-state index in [9.17, 15) is 8.42 Å². The molecule has 0 saturated heterocycles. The highest BCUT2D eigenvalue weighted by Crippen LogP contribution is 2.27. The summed E-state index contributed by atoms with van der Waals surface area (Å²) in [7, 11) is -2.50. The van der Waals surface area contributed by atoms with Crippen LogP contribution in [0.3, 0.4) is 0 Å². The molecule has 0 saturated carbocycles. The molecule has 0 spiro atoms. The van der Waals surface area contributed by atoms with E-state index in [1.807, 2.05) is 24.3 Å². The van der Waals surface area contributed by atoms with Crippen LogP contribution in [0, 0.1) is 18.3 Å². The summed E-state index contributed by atoms with van der Waals surface area (Å²) < 4.78 is 32.8. The molecule has 0 aliphatic heterocycles. The standard InChI is InChI=1S/C19H16N4O3S/c1-13-3-6-16(15-7-4-14(11-20)5-8-15)9-17(13)23-27(24,25)19-10-18(26-2)21-12-22-19/h3-10,12,23H,1-2H3. The van der Waals surface area contributed by atoms with Crippen LogP contribution in [-0.2, 0) is 10.0 Å². The van der Waals surface area contributed by atoms with E-state index in [0.717, 1.165) is 23.0 Å². The van der Waals surface area contributed by atoms with Crippen LogP contribution in [0.25, 0.3) is 11.1 Å². The van der Waals surface area contributed by atoms with E-state index < -0.39 is 10.0 Å². The fourth-order valence-corrected chi connectivity index (χ4v) is 3.48. The number of benzene rings is 2. The molecule has 0 radical (unpaired) electrons. The highest BCUT2D eigenvalue weighted by Gasteiger charge is 2.18. The van der Waals surface area contributed by atoms with Gasteiger partial charge in [0.15, 0.2) is 5.03 Å². The van der Waals surface area contributed by atoms with Crippen LogP contribution < -0.4 is 9.46 Å². The molecule has 136 valence electrons. The van der Waals surface area contributed by atoms with Crippen LogP contribution in [0.15, 0.2) is 59.9 Å². The summed E-state index contributed by atoms with van der Waals surface area (Å²) in [6.45, 7) is 1.81. The Hall–Kier alpha value is -3.44. The van der Waals surface area contributed by atoms with Gasteiger partial charge in [-0.2, -0.15) is 13.7 Å². The van der Waals surface area contributed by atoms with Crippen molar-refractivity contribution in [2.45, 2.75) is 11.9 Å². The Morgan fingerprint density at radius 1 is 1.04 bits per heavy atom. The van der Waals surface area contributed by atoms with Crippen molar-refractivity contribution >= 4 is 15.7 Å². The van der Waals surface area contributed by atoms with E-state index in [1.54, 1.807) is 25.1 Å². The molecule has 3 rings (SSSR count). The minimum absolute atomic E-state index is 0.161. The number of aromatic nitrogens is 2. The first-order valence-corrected chi connectivity index (χ1v) is 9.41. The van der Waals surface area contributed by atoms with Crippen LogP contribution in [0.4, 0.5) is 5.69 Å². The first-order chi connectivity index (χ1) is 12.9. The van der Waals surface area contributed by atoms with Gasteiger partial charge in [0, 0.05) is 6.07 Å². The van der Waals surface area contributed by atoms with Gasteiger partial charge in [0.2, 0.25) is 5.88 Å². The second kappa shape index (κ2) is 7.43. The Labute approximate surface area is 157 Å². The zero-order chi connectivity index (χ0) is 19.4. The molecule has 0 aliphatic carbocycles. The van der Waals surface area contributed by atoms with Gasteiger partial charge in [-0.05, 0) is 41.8 Å². The lowest BCUT2D eigenvalue weighted by Crippen LogP contribution is -2.15. The fourth-order valence-electron chi connectivity index (χ4n) is 2.43. The van der Waals surface area contributed by atoms with Gasteiger partial charge in [-0.1, -0.05) is 24.3 Å². The first kappa shape index (κ1) is 18.4. The highest BCUT2D eigenvalue weighted by atomic mass is 32.2. The van der Waals surface area contributed by atoms with Gasteiger partial charge in [-0.25, -0.2) is 9.97 Å². The Bertz CT molecular complexity index is 1120. The summed E-state index contributed by atoms with van der Waals surface area (Å²) in [5.41, 5.74) is 3.46. The summed E-state index contributed by atoms with van der Waals surface area (Å²) in [5, 5.41) is 8.72.